The number of thiophene rings is 1. The Morgan fingerprint density at radius 3 is 2.48 bits per heavy atom. The molecule has 1 aromatic heterocycles. The third-order valence-corrected chi connectivity index (χ3v) is 7.86. The standard InChI is InChI=1S/C14H20ClN3O3S2/c1-10(14(19)16-11-2-3-11)17-6-8-18(9-7-17)23(20,21)13-5-4-12(15)22-13/h4-5,10-11H,2-3,6-9H2,1H3,(H,16,19)/t10-/m0/s1. The van der Waals surface area contributed by atoms with Gasteiger partial charge in [0, 0.05) is 32.2 Å². The number of hydrogen-bond donors (Lipinski definition) is 1. The van der Waals surface area contributed by atoms with Gasteiger partial charge < -0.3 is 5.32 Å². The summed E-state index contributed by atoms with van der Waals surface area (Å²) in [5.74, 6) is 0.0360. The maximum absolute atomic E-state index is 12.5. The highest BCUT2D eigenvalue weighted by Gasteiger charge is 2.33. The molecule has 0 radical (unpaired) electrons. The molecular weight excluding hydrogens is 358 g/mol. The van der Waals surface area contributed by atoms with Crippen LogP contribution in [0.5, 0.6) is 0 Å². The van der Waals surface area contributed by atoms with Crippen LogP contribution in [0.2, 0.25) is 4.34 Å². The molecule has 1 N–H and O–H groups in total. The van der Waals surface area contributed by atoms with Crippen LogP contribution in [0.4, 0.5) is 0 Å². The maximum Gasteiger partial charge on any atom is 0.252 e. The summed E-state index contributed by atoms with van der Waals surface area (Å²) in [6.07, 6.45) is 2.13. The predicted octanol–water partition coefficient (Wildman–Crippen LogP) is 1.37. The minimum absolute atomic E-state index is 0.0360. The summed E-state index contributed by atoms with van der Waals surface area (Å²) in [4.78, 5) is 14.1. The molecule has 1 saturated heterocycles. The van der Waals surface area contributed by atoms with Crippen molar-refractivity contribution in [2.45, 2.75) is 36.1 Å². The Morgan fingerprint density at radius 2 is 1.96 bits per heavy atom. The van der Waals surface area contributed by atoms with E-state index >= 15 is 0 Å². The first-order chi connectivity index (χ1) is 10.9. The van der Waals surface area contributed by atoms with Crippen LogP contribution in [0.25, 0.3) is 0 Å². The Labute approximate surface area is 145 Å². The van der Waals surface area contributed by atoms with Gasteiger partial charge in [0.2, 0.25) is 5.91 Å². The highest BCUT2D eigenvalue weighted by molar-refractivity contribution is 7.91. The van der Waals surface area contributed by atoms with Crippen LogP contribution in [-0.2, 0) is 14.8 Å². The first-order valence-corrected chi connectivity index (χ1v) is 10.3. The lowest BCUT2D eigenvalue weighted by Gasteiger charge is -2.36. The molecule has 1 amide bonds. The fraction of sp³-hybridized carbons (Fsp3) is 0.643. The number of halogens is 1. The van der Waals surface area contributed by atoms with E-state index < -0.39 is 10.0 Å². The average molecular weight is 378 g/mol. The van der Waals surface area contributed by atoms with E-state index in [0.717, 1.165) is 24.2 Å². The number of sulfonamides is 1. The number of carbonyl (C=O) groups is 1. The normalized spacial score (nSPS) is 22.0. The van der Waals surface area contributed by atoms with Gasteiger partial charge in [0.05, 0.1) is 10.4 Å². The molecule has 1 aliphatic heterocycles. The molecule has 128 valence electrons. The molecule has 0 aromatic carbocycles. The Kier molecular flexibility index (Phi) is 4.98. The van der Waals surface area contributed by atoms with Crippen LogP contribution in [0.1, 0.15) is 19.8 Å². The molecule has 2 fully saturated rings. The third kappa shape index (κ3) is 3.88. The lowest BCUT2D eigenvalue weighted by Crippen LogP contribution is -2.55. The Morgan fingerprint density at radius 1 is 1.30 bits per heavy atom. The van der Waals surface area contributed by atoms with Crippen LogP contribution in [-0.4, -0.2) is 61.8 Å². The largest absolute Gasteiger partial charge is 0.352 e. The first-order valence-electron chi connectivity index (χ1n) is 7.68. The van der Waals surface area contributed by atoms with Crippen LogP contribution in [0, 0.1) is 0 Å². The van der Waals surface area contributed by atoms with Crippen LogP contribution in [0.3, 0.4) is 0 Å². The fourth-order valence-electron chi connectivity index (χ4n) is 2.61. The summed E-state index contributed by atoms with van der Waals surface area (Å²) in [7, 11) is -3.48. The molecule has 3 rings (SSSR count). The summed E-state index contributed by atoms with van der Waals surface area (Å²) in [6, 6.07) is 3.26. The zero-order valence-electron chi connectivity index (χ0n) is 12.9. The van der Waals surface area contributed by atoms with Crippen molar-refractivity contribution in [3.05, 3.63) is 16.5 Å². The summed E-state index contributed by atoms with van der Waals surface area (Å²) in [6.45, 7) is 3.76. The van der Waals surface area contributed by atoms with Gasteiger partial charge in [-0.25, -0.2) is 8.42 Å². The average Bonchev–Trinajstić information content (AvgIpc) is 3.23. The second-order valence-electron chi connectivity index (χ2n) is 5.96. The van der Waals surface area contributed by atoms with Gasteiger partial charge in [0.1, 0.15) is 4.21 Å². The number of carbonyl (C=O) groups excluding carboxylic acids is 1. The number of rotatable bonds is 5. The van der Waals surface area contributed by atoms with Crippen molar-refractivity contribution < 1.29 is 13.2 Å². The van der Waals surface area contributed by atoms with Gasteiger partial charge >= 0.3 is 0 Å². The van der Waals surface area contributed by atoms with Crippen LogP contribution >= 0.6 is 22.9 Å². The zero-order valence-corrected chi connectivity index (χ0v) is 15.3. The molecule has 1 atom stereocenters. The van der Waals surface area contributed by atoms with Crippen LogP contribution < -0.4 is 5.32 Å². The molecule has 23 heavy (non-hydrogen) atoms. The lowest BCUT2D eigenvalue weighted by atomic mass is 10.2. The number of piperazine rings is 1. The minimum atomic E-state index is -3.48. The number of hydrogen-bond acceptors (Lipinski definition) is 5. The fourth-order valence-corrected chi connectivity index (χ4v) is 5.67. The van der Waals surface area contributed by atoms with E-state index in [2.05, 4.69) is 5.32 Å². The number of nitrogens with one attached hydrogen (secondary N) is 1. The van der Waals surface area contributed by atoms with E-state index in [4.69, 9.17) is 11.6 Å². The zero-order chi connectivity index (χ0) is 16.6. The van der Waals surface area contributed by atoms with Gasteiger partial charge in [-0.15, -0.1) is 11.3 Å². The second kappa shape index (κ2) is 6.68. The van der Waals surface area contributed by atoms with Crippen molar-refractivity contribution in [3.63, 3.8) is 0 Å². The quantitative estimate of drug-likeness (QED) is 0.841. The monoisotopic (exact) mass is 377 g/mol. The smallest absolute Gasteiger partial charge is 0.252 e. The third-order valence-electron chi connectivity index (χ3n) is 4.27. The van der Waals surface area contributed by atoms with Gasteiger partial charge in [0.15, 0.2) is 0 Å². The van der Waals surface area contributed by atoms with Crippen molar-refractivity contribution >= 4 is 38.9 Å². The van der Waals surface area contributed by atoms with E-state index in [1.165, 1.54) is 4.31 Å². The van der Waals surface area contributed by atoms with Crippen molar-refractivity contribution in [2.75, 3.05) is 26.2 Å². The van der Waals surface area contributed by atoms with Crippen LogP contribution in [0.15, 0.2) is 16.3 Å². The van der Waals surface area contributed by atoms with Gasteiger partial charge in [0.25, 0.3) is 10.0 Å². The summed E-state index contributed by atoms with van der Waals surface area (Å²) < 4.78 is 27.3. The first kappa shape index (κ1) is 17.2. The van der Waals surface area contributed by atoms with Crippen molar-refractivity contribution in [1.82, 2.24) is 14.5 Å². The molecule has 1 aromatic rings. The molecule has 9 heteroatoms. The number of nitrogens with zero attached hydrogens (tertiary/aromatic N) is 2. The van der Waals surface area contributed by atoms with Gasteiger partial charge in [-0.2, -0.15) is 4.31 Å². The van der Waals surface area contributed by atoms with E-state index in [-0.39, 0.29) is 16.2 Å². The summed E-state index contributed by atoms with van der Waals surface area (Å²) in [5.41, 5.74) is 0. The van der Waals surface area contributed by atoms with Crippen molar-refractivity contribution in [2.24, 2.45) is 0 Å². The molecule has 6 nitrogen and oxygen atoms in total. The SMILES string of the molecule is C[C@@H](C(=O)NC1CC1)N1CCN(S(=O)(=O)c2ccc(Cl)s2)CC1. The van der Waals surface area contributed by atoms with E-state index in [9.17, 15) is 13.2 Å². The molecule has 0 spiro atoms. The van der Waals surface area contributed by atoms with Gasteiger partial charge in [-0.1, -0.05) is 11.6 Å². The van der Waals surface area contributed by atoms with Crippen molar-refractivity contribution in [3.8, 4) is 0 Å². The molecule has 1 aliphatic carbocycles. The molecular formula is C14H20ClN3O3S2. The second-order valence-corrected chi connectivity index (χ2v) is 9.84. The predicted molar refractivity (Wildman–Crippen MR) is 90.3 cm³/mol. The summed E-state index contributed by atoms with van der Waals surface area (Å²) >= 11 is 6.91. The highest BCUT2D eigenvalue weighted by Crippen LogP contribution is 2.28. The van der Waals surface area contributed by atoms with E-state index in [1.54, 1.807) is 12.1 Å². The van der Waals surface area contributed by atoms with E-state index in [0.29, 0.717) is 36.6 Å². The molecule has 0 bridgehead atoms. The molecule has 0 unspecified atom stereocenters. The van der Waals surface area contributed by atoms with Gasteiger partial charge in [-0.3, -0.25) is 9.69 Å². The lowest BCUT2D eigenvalue weighted by molar-refractivity contribution is -0.126. The van der Waals surface area contributed by atoms with Crippen molar-refractivity contribution in [1.29, 1.82) is 0 Å². The summed E-state index contributed by atoms with van der Waals surface area (Å²) in [5, 5.41) is 3.00. The Hall–Kier alpha value is -0.670. The Bertz CT molecular complexity index is 679. The minimum Gasteiger partial charge on any atom is -0.352 e. The molecule has 1 saturated carbocycles. The topological polar surface area (TPSA) is 69.7 Å². The molecule has 2 heterocycles. The van der Waals surface area contributed by atoms with Gasteiger partial charge in [-0.05, 0) is 31.9 Å². The Balaban J connectivity index is 1.58. The highest BCUT2D eigenvalue weighted by atomic mass is 35.5. The maximum atomic E-state index is 12.5. The van der Waals surface area contributed by atoms with E-state index in [1.807, 2.05) is 11.8 Å². The number of amides is 1. The molecule has 2 aliphatic rings.